The van der Waals surface area contributed by atoms with Crippen molar-refractivity contribution in [2.45, 2.75) is 19.9 Å². The third-order valence-electron chi connectivity index (χ3n) is 3.87. The normalized spacial score (nSPS) is 12.3. The quantitative estimate of drug-likeness (QED) is 0.723. The Labute approximate surface area is 165 Å². The van der Waals surface area contributed by atoms with E-state index in [9.17, 15) is 13.2 Å². The highest BCUT2D eigenvalue weighted by molar-refractivity contribution is 7.92. The van der Waals surface area contributed by atoms with Crippen molar-refractivity contribution >= 4 is 33.2 Å². The predicted octanol–water partition coefficient (Wildman–Crippen LogP) is 3.38. The Balaban J connectivity index is 2.07. The Kier molecular flexibility index (Phi) is 7.10. The van der Waals surface area contributed by atoms with Crippen molar-refractivity contribution in [3.63, 3.8) is 0 Å². The maximum Gasteiger partial charge on any atom is 0.241 e. The molecule has 0 unspecified atom stereocenters. The number of ether oxygens (including phenoxy) is 1. The molecule has 0 saturated carbocycles. The van der Waals surface area contributed by atoms with E-state index in [0.29, 0.717) is 17.3 Å². The third-order valence-corrected chi connectivity index (χ3v) is 5.26. The molecule has 146 valence electrons. The van der Waals surface area contributed by atoms with Gasteiger partial charge in [-0.15, -0.1) is 0 Å². The number of hydrogen-bond donors (Lipinski definition) is 1. The molecule has 2 aromatic rings. The van der Waals surface area contributed by atoms with E-state index in [4.69, 9.17) is 16.3 Å². The van der Waals surface area contributed by atoms with Gasteiger partial charge in [0.1, 0.15) is 12.3 Å². The smallest absolute Gasteiger partial charge is 0.241 e. The predicted molar refractivity (Wildman–Crippen MR) is 108 cm³/mol. The lowest BCUT2D eigenvalue weighted by atomic mass is 10.1. The molecule has 1 amide bonds. The van der Waals surface area contributed by atoms with Crippen molar-refractivity contribution in [2.75, 3.05) is 23.7 Å². The summed E-state index contributed by atoms with van der Waals surface area (Å²) in [7, 11) is -3.63. The maximum atomic E-state index is 12.4. The van der Waals surface area contributed by atoms with E-state index in [1.807, 2.05) is 38.1 Å². The van der Waals surface area contributed by atoms with Crippen LogP contribution in [-0.2, 0) is 14.8 Å². The second-order valence-corrected chi connectivity index (χ2v) is 8.38. The van der Waals surface area contributed by atoms with Crippen molar-refractivity contribution in [3.05, 3.63) is 59.1 Å². The van der Waals surface area contributed by atoms with E-state index < -0.39 is 15.9 Å². The largest absolute Gasteiger partial charge is 0.494 e. The number of anilines is 1. The fourth-order valence-electron chi connectivity index (χ4n) is 2.53. The number of nitrogens with zero attached hydrogens (tertiary/aromatic N) is 1. The minimum atomic E-state index is -3.63. The molecule has 0 fully saturated rings. The van der Waals surface area contributed by atoms with Crippen LogP contribution in [0, 0.1) is 0 Å². The first-order valence-electron chi connectivity index (χ1n) is 8.46. The summed E-state index contributed by atoms with van der Waals surface area (Å²) in [6.45, 7) is 4.01. The summed E-state index contributed by atoms with van der Waals surface area (Å²) in [4.78, 5) is 12.4. The number of hydrogen-bond acceptors (Lipinski definition) is 4. The van der Waals surface area contributed by atoms with Crippen molar-refractivity contribution in [3.8, 4) is 5.75 Å². The topological polar surface area (TPSA) is 75.7 Å². The average molecular weight is 411 g/mol. The van der Waals surface area contributed by atoms with Crippen LogP contribution >= 0.6 is 11.6 Å². The zero-order valence-corrected chi connectivity index (χ0v) is 17.0. The standard InChI is InChI=1S/C19H23ClN2O4S/c1-4-26-18-11-5-15(6-12-18)14(2)21-19(23)13-22(27(3,24)25)17-9-7-16(20)8-10-17/h5-12,14H,4,13H2,1-3H3,(H,21,23)/t14-/m1/s1. The summed E-state index contributed by atoms with van der Waals surface area (Å²) in [5.74, 6) is 0.350. The molecule has 2 aromatic carbocycles. The van der Waals surface area contributed by atoms with E-state index in [1.165, 1.54) is 0 Å². The van der Waals surface area contributed by atoms with E-state index in [2.05, 4.69) is 5.32 Å². The SMILES string of the molecule is CCOc1ccc([C@@H](C)NC(=O)CN(c2ccc(Cl)cc2)S(C)(=O)=O)cc1. The van der Waals surface area contributed by atoms with Gasteiger partial charge in [-0.3, -0.25) is 9.10 Å². The Morgan fingerprint density at radius 3 is 2.26 bits per heavy atom. The molecule has 1 N–H and O–H groups in total. The van der Waals surface area contributed by atoms with Crippen LogP contribution in [0.25, 0.3) is 0 Å². The monoisotopic (exact) mass is 410 g/mol. The molecule has 0 radical (unpaired) electrons. The van der Waals surface area contributed by atoms with E-state index in [-0.39, 0.29) is 12.6 Å². The molecule has 0 aliphatic heterocycles. The fourth-order valence-corrected chi connectivity index (χ4v) is 3.51. The molecule has 6 nitrogen and oxygen atoms in total. The van der Waals surface area contributed by atoms with E-state index in [1.54, 1.807) is 24.3 Å². The first-order valence-corrected chi connectivity index (χ1v) is 10.7. The molecule has 0 bridgehead atoms. The van der Waals surface area contributed by atoms with Gasteiger partial charge in [-0.25, -0.2) is 8.42 Å². The van der Waals surface area contributed by atoms with Crippen LogP contribution in [0.4, 0.5) is 5.69 Å². The van der Waals surface area contributed by atoms with Crippen LogP contribution in [0.5, 0.6) is 5.75 Å². The molecule has 0 saturated heterocycles. The zero-order valence-electron chi connectivity index (χ0n) is 15.5. The van der Waals surface area contributed by atoms with Crippen LogP contribution in [0.3, 0.4) is 0 Å². The Bertz CT molecular complexity index is 868. The molecule has 27 heavy (non-hydrogen) atoms. The van der Waals surface area contributed by atoms with Gasteiger partial charge in [-0.2, -0.15) is 0 Å². The van der Waals surface area contributed by atoms with Crippen LogP contribution in [0.15, 0.2) is 48.5 Å². The second-order valence-electron chi connectivity index (χ2n) is 6.04. The first kappa shape index (κ1) is 21.1. The molecule has 2 rings (SSSR count). The summed E-state index contributed by atoms with van der Waals surface area (Å²) in [5, 5.41) is 3.31. The molecule has 0 aromatic heterocycles. The number of amides is 1. The number of rotatable bonds is 8. The summed E-state index contributed by atoms with van der Waals surface area (Å²) in [5.41, 5.74) is 1.27. The highest BCUT2D eigenvalue weighted by Crippen LogP contribution is 2.21. The highest BCUT2D eigenvalue weighted by Gasteiger charge is 2.21. The van der Waals surface area contributed by atoms with Crippen molar-refractivity contribution in [1.82, 2.24) is 5.32 Å². The number of benzene rings is 2. The molecule has 8 heteroatoms. The maximum absolute atomic E-state index is 12.4. The lowest BCUT2D eigenvalue weighted by Crippen LogP contribution is -2.41. The Morgan fingerprint density at radius 1 is 1.15 bits per heavy atom. The summed E-state index contributed by atoms with van der Waals surface area (Å²) < 4.78 is 30.7. The minimum Gasteiger partial charge on any atom is -0.494 e. The van der Waals surface area contributed by atoms with E-state index >= 15 is 0 Å². The van der Waals surface area contributed by atoms with Gasteiger partial charge in [0.25, 0.3) is 0 Å². The fraction of sp³-hybridized carbons (Fsp3) is 0.316. The van der Waals surface area contributed by atoms with Gasteiger partial charge in [0, 0.05) is 5.02 Å². The summed E-state index contributed by atoms with van der Waals surface area (Å²) in [6.07, 6.45) is 1.06. The summed E-state index contributed by atoms with van der Waals surface area (Å²) >= 11 is 5.85. The Morgan fingerprint density at radius 2 is 1.74 bits per heavy atom. The lowest BCUT2D eigenvalue weighted by Gasteiger charge is -2.23. The van der Waals surface area contributed by atoms with Crippen molar-refractivity contribution in [2.24, 2.45) is 0 Å². The number of nitrogens with one attached hydrogen (secondary N) is 1. The zero-order chi connectivity index (χ0) is 20.0. The second kappa shape index (κ2) is 9.10. The molecule has 1 atom stereocenters. The van der Waals surface area contributed by atoms with Crippen molar-refractivity contribution < 1.29 is 17.9 Å². The number of sulfonamides is 1. The third kappa shape index (κ3) is 6.15. The minimum absolute atomic E-state index is 0.278. The number of halogens is 1. The van der Waals surface area contributed by atoms with Gasteiger partial charge in [-0.05, 0) is 55.8 Å². The highest BCUT2D eigenvalue weighted by atomic mass is 35.5. The molecular weight excluding hydrogens is 388 g/mol. The van der Waals surface area contributed by atoms with Gasteiger partial charge >= 0.3 is 0 Å². The van der Waals surface area contributed by atoms with Gasteiger partial charge in [0.05, 0.1) is 24.6 Å². The molecule has 0 heterocycles. The number of carbonyl (C=O) groups is 1. The van der Waals surface area contributed by atoms with Crippen molar-refractivity contribution in [1.29, 1.82) is 0 Å². The van der Waals surface area contributed by atoms with Crippen LogP contribution in [-0.4, -0.2) is 33.7 Å². The molecular formula is C19H23ClN2O4S. The van der Waals surface area contributed by atoms with Crippen LogP contribution in [0.2, 0.25) is 5.02 Å². The van der Waals surface area contributed by atoms with Crippen LogP contribution < -0.4 is 14.4 Å². The van der Waals surface area contributed by atoms with E-state index in [0.717, 1.165) is 21.9 Å². The van der Waals surface area contributed by atoms with Gasteiger partial charge in [-0.1, -0.05) is 23.7 Å². The lowest BCUT2D eigenvalue weighted by molar-refractivity contribution is -0.120. The summed E-state index contributed by atoms with van der Waals surface area (Å²) in [6, 6.07) is 13.4. The Hall–Kier alpha value is -2.25. The van der Waals surface area contributed by atoms with Crippen LogP contribution in [0.1, 0.15) is 25.5 Å². The molecule has 0 aliphatic rings. The van der Waals surface area contributed by atoms with Gasteiger partial charge in [0.15, 0.2) is 0 Å². The molecule has 0 aliphatic carbocycles. The average Bonchev–Trinajstić information content (AvgIpc) is 2.60. The molecule has 0 spiro atoms. The van der Waals surface area contributed by atoms with Gasteiger partial charge < -0.3 is 10.1 Å². The van der Waals surface area contributed by atoms with Gasteiger partial charge in [0.2, 0.25) is 15.9 Å². The number of carbonyl (C=O) groups excluding carboxylic acids is 1. The first-order chi connectivity index (χ1) is 12.7.